The maximum absolute atomic E-state index is 12.9. The first-order valence-corrected chi connectivity index (χ1v) is 7.40. The van der Waals surface area contributed by atoms with E-state index >= 15 is 0 Å². The Balaban J connectivity index is 3.20. The number of aliphatic hydroxyl groups is 2. The Kier molecular flexibility index (Phi) is 6.68. The Morgan fingerprint density at radius 3 is 2.27 bits per heavy atom. The molecule has 0 aliphatic carbocycles. The minimum atomic E-state index is -4.43. The van der Waals surface area contributed by atoms with E-state index in [1.54, 1.807) is 6.92 Å². The van der Waals surface area contributed by atoms with Crippen LogP contribution in [-0.2, 0) is 6.18 Å². The van der Waals surface area contributed by atoms with E-state index in [0.29, 0.717) is 24.3 Å². The molecule has 3 atom stereocenters. The number of alkyl halides is 3. The predicted octanol–water partition coefficient (Wildman–Crippen LogP) is 3.73. The van der Waals surface area contributed by atoms with Crippen LogP contribution in [0.3, 0.4) is 0 Å². The molecular weight excluding hydrogens is 297 g/mol. The molecule has 0 radical (unpaired) electrons. The van der Waals surface area contributed by atoms with Crippen molar-refractivity contribution in [1.29, 1.82) is 0 Å². The van der Waals surface area contributed by atoms with Gasteiger partial charge in [0.05, 0.1) is 24.4 Å². The fourth-order valence-electron chi connectivity index (χ4n) is 2.33. The molecule has 0 fully saturated rings. The van der Waals surface area contributed by atoms with Gasteiger partial charge in [-0.2, -0.15) is 13.2 Å². The number of hydrogen-bond donors (Lipinski definition) is 2. The first kappa shape index (κ1) is 18.8. The fourth-order valence-corrected chi connectivity index (χ4v) is 2.33. The van der Waals surface area contributed by atoms with E-state index in [9.17, 15) is 23.4 Å². The van der Waals surface area contributed by atoms with Gasteiger partial charge in [0.25, 0.3) is 0 Å². The summed E-state index contributed by atoms with van der Waals surface area (Å²) in [5.74, 6) is 0.0635. The van der Waals surface area contributed by atoms with E-state index in [0.717, 1.165) is 12.1 Å². The predicted molar refractivity (Wildman–Crippen MR) is 77.9 cm³/mol. The summed E-state index contributed by atoms with van der Waals surface area (Å²) in [5.41, 5.74) is -0.324. The van der Waals surface area contributed by atoms with Gasteiger partial charge in [0.15, 0.2) is 0 Å². The maximum atomic E-state index is 12.9. The monoisotopic (exact) mass is 320 g/mol. The molecule has 126 valence electrons. The van der Waals surface area contributed by atoms with Gasteiger partial charge in [-0.1, -0.05) is 6.92 Å². The lowest BCUT2D eigenvalue weighted by molar-refractivity contribution is -0.137. The largest absolute Gasteiger partial charge is 0.494 e. The van der Waals surface area contributed by atoms with Gasteiger partial charge in [0.2, 0.25) is 0 Å². The van der Waals surface area contributed by atoms with E-state index in [2.05, 4.69) is 0 Å². The van der Waals surface area contributed by atoms with Gasteiger partial charge in [0, 0.05) is 0 Å². The molecule has 3 unspecified atom stereocenters. The van der Waals surface area contributed by atoms with Gasteiger partial charge in [-0.25, -0.2) is 0 Å². The highest BCUT2D eigenvalue weighted by Crippen LogP contribution is 2.38. The molecule has 2 N–H and O–H groups in total. The molecule has 0 amide bonds. The highest BCUT2D eigenvalue weighted by molar-refractivity contribution is 5.41. The average Bonchev–Trinajstić information content (AvgIpc) is 2.44. The van der Waals surface area contributed by atoms with Crippen molar-refractivity contribution in [3.8, 4) is 5.75 Å². The Labute approximate surface area is 128 Å². The molecule has 0 saturated carbocycles. The Bertz CT molecular complexity index is 472. The Morgan fingerprint density at radius 1 is 1.18 bits per heavy atom. The smallest absolute Gasteiger partial charge is 0.416 e. The number of aliphatic hydroxyl groups excluding tert-OH is 2. The topological polar surface area (TPSA) is 49.7 Å². The Morgan fingerprint density at radius 2 is 1.82 bits per heavy atom. The molecule has 0 aromatic heterocycles. The van der Waals surface area contributed by atoms with Crippen molar-refractivity contribution in [2.45, 2.75) is 57.9 Å². The molecule has 0 bridgehead atoms. The molecule has 3 nitrogen and oxygen atoms in total. The van der Waals surface area contributed by atoms with Gasteiger partial charge >= 0.3 is 6.18 Å². The van der Waals surface area contributed by atoms with Crippen LogP contribution in [0.15, 0.2) is 18.2 Å². The molecule has 0 heterocycles. The van der Waals surface area contributed by atoms with Gasteiger partial charge in [-0.05, 0) is 56.4 Å². The number of halogens is 3. The molecular formula is C16H23F3O3. The third kappa shape index (κ3) is 4.88. The van der Waals surface area contributed by atoms with Gasteiger partial charge in [-0.15, -0.1) is 0 Å². The third-order valence-corrected chi connectivity index (χ3v) is 3.65. The van der Waals surface area contributed by atoms with E-state index in [1.165, 1.54) is 13.0 Å². The van der Waals surface area contributed by atoms with Crippen LogP contribution in [0.2, 0.25) is 0 Å². The van der Waals surface area contributed by atoms with Gasteiger partial charge in [-0.3, -0.25) is 0 Å². The molecule has 6 heteroatoms. The maximum Gasteiger partial charge on any atom is 0.416 e. The lowest BCUT2D eigenvalue weighted by Gasteiger charge is -2.24. The first-order valence-electron chi connectivity index (χ1n) is 7.40. The van der Waals surface area contributed by atoms with Gasteiger partial charge < -0.3 is 14.9 Å². The van der Waals surface area contributed by atoms with E-state index in [4.69, 9.17) is 4.74 Å². The second-order valence-corrected chi connectivity index (χ2v) is 5.33. The summed E-state index contributed by atoms with van der Waals surface area (Å²) in [7, 11) is 0. The molecule has 1 aromatic rings. The minimum Gasteiger partial charge on any atom is -0.494 e. The number of benzene rings is 1. The van der Waals surface area contributed by atoms with Crippen LogP contribution in [0, 0.1) is 0 Å². The summed E-state index contributed by atoms with van der Waals surface area (Å²) in [6, 6.07) is 3.39. The minimum absolute atomic E-state index is 0.176. The summed E-state index contributed by atoms with van der Waals surface area (Å²) in [6.45, 7) is 5.38. The standard InChI is InChI=1S/C16H23F3O3/c1-4-11(8-14(21)10(3)20)13-9-12(16(17,18)19)6-7-15(13)22-5-2/h6-7,9-11,14,20-21H,4-5,8H2,1-3H3. The molecule has 0 spiro atoms. The van der Waals surface area contributed by atoms with Crippen LogP contribution < -0.4 is 4.74 Å². The summed E-state index contributed by atoms with van der Waals surface area (Å²) in [6.07, 6.45) is -5.65. The summed E-state index contributed by atoms with van der Waals surface area (Å²) >= 11 is 0. The van der Waals surface area contributed by atoms with Crippen molar-refractivity contribution >= 4 is 0 Å². The van der Waals surface area contributed by atoms with Crippen molar-refractivity contribution < 1.29 is 28.1 Å². The van der Waals surface area contributed by atoms with E-state index < -0.39 is 23.9 Å². The molecule has 0 saturated heterocycles. The number of ether oxygens (including phenoxy) is 1. The second kappa shape index (κ2) is 7.83. The van der Waals surface area contributed by atoms with Crippen molar-refractivity contribution in [1.82, 2.24) is 0 Å². The zero-order valence-corrected chi connectivity index (χ0v) is 13.0. The van der Waals surface area contributed by atoms with Crippen LogP contribution in [0.1, 0.15) is 50.7 Å². The third-order valence-electron chi connectivity index (χ3n) is 3.65. The quantitative estimate of drug-likeness (QED) is 0.805. The number of rotatable bonds is 7. The zero-order valence-electron chi connectivity index (χ0n) is 13.0. The SMILES string of the molecule is CCOc1ccc(C(F)(F)F)cc1C(CC)CC(O)C(C)O. The Hall–Kier alpha value is -1.27. The molecule has 1 rings (SSSR count). The fraction of sp³-hybridized carbons (Fsp3) is 0.625. The number of hydrogen-bond acceptors (Lipinski definition) is 3. The molecule has 0 aliphatic heterocycles. The van der Waals surface area contributed by atoms with Gasteiger partial charge in [0.1, 0.15) is 5.75 Å². The summed E-state index contributed by atoms with van der Waals surface area (Å²) in [5, 5.41) is 19.2. The summed E-state index contributed by atoms with van der Waals surface area (Å²) < 4.78 is 44.2. The van der Waals surface area contributed by atoms with Crippen molar-refractivity contribution in [2.75, 3.05) is 6.61 Å². The molecule has 22 heavy (non-hydrogen) atoms. The van der Waals surface area contributed by atoms with Crippen LogP contribution in [0.4, 0.5) is 13.2 Å². The van der Waals surface area contributed by atoms with Crippen molar-refractivity contribution in [3.05, 3.63) is 29.3 Å². The van der Waals surface area contributed by atoms with Crippen LogP contribution in [0.5, 0.6) is 5.75 Å². The normalized spacial score (nSPS) is 16.2. The summed E-state index contributed by atoms with van der Waals surface area (Å²) in [4.78, 5) is 0. The average molecular weight is 320 g/mol. The lowest BCUT2D eigenvalue weighted by Crippen LogP contribution is -2.25. The lowest BCUT2D eigenvalue weighted by atomic mass is 9.88. The van der Waals surface area contributed by atoms with Crippen LogP contribution in [0.25, 0.3) is 0 Å². The molecule has 1 aromatic carbocycles. The second-order valence-electron chi connectivity index (χ2n) is 5.33. The zero-order chi connectivity index (χ0) is 16.9. The highest BCUT2D eigenvalue weighted by atomic mass is 19.4. The van der Waals surface area contributed by atoms with E-state index in [1.807, 2.05) is 6.92 Å². The first-order chi connectivity index (χ1) is 10.2. The van der Waals surface area contributed by atoms with Crippen molar-refractivity contribution in [3.63, 3.8) is 0 Å². The highest BCUT2D eigenvalue weighted by Gasteiger charge is 2.32. The van der Waals surface area contributed by atoms with E-state index in [-0.39, 0.29) is 12.3 Å². The molecule has 0 aliphatic rings. The van der Waals surface area contributed by atoms with Crippen LogP contribution >= 0.6 is 0 Å². The van der Waals surface area contributed by atoms with Crippen molar-refractivity contribution in [2.24, 2.45) is 0 Å². The van der Waals surface area contributed by atoms with Crippen LogP contribution in [-0.4, -0.2) is 29.0 Å².